The molecule has 3 rings (SSSR count). The highest BCUT2D eigenvalue weighted by Crippen LogP contribution is 2.30. The molecule has 0 aliphatic rings. The Kier molecular flexibility index (Phi) is 4.98. The summed E-state index contributed by atoms with van der Waals surface area (Å²) in [6.45, 7) is 1.41. The molecule has 0 amide bonds. The molecule has 0 N–H and O–H groups in total. The molecule has 0 saturated carbocycles. The molecule has 3 aromatic carbocycles. The molecule has 26 heavy (non-hydrogen) atoms. The Labute approximate surface area is 155 Å². The standard InChI is InChI=1S/C19H15ClFNO3S/c1-13(19(20)23)22(26(24,25)18-10-7-16(21)8-11-18)17-9-6-14-4-2-3-5-15(14)12-17/h2-13H,1H3. The number of fused-ring (bicyclic) bond motifs is 1. The monoisotopic (exact) mass is 391 g/mol. The summed E-state index contributed by atoms with van der Waals surface area (Å²) in [6.07, 6.45) is 0. The summed E-state index contributed by atoms with van der Waals surface area (Å²) in [6, 6.07) is 15.8. The van der Waals surface area contributed by atoms with E-state index in [9.17, 15) is 17.6 Å². The topological polar surface area (TPSA) is 54.5 Å². The molecule has 0 saturated heterocycles. The first-order chi connectivity index (χ1) is 12.3. The Bertz CT molecular complexity index is 1070. The zero-order valence-corrected chi connectivity index (χ0v) is 15.3. The highest BCUT2D eigenvalue weighted by atomic mass is 35.5. The third kappa shape index (κ3) is 3.43. The van der Waals surface area contributed by atoms with Crippen molar-refractivity contribution >= 4 is 43.3 Å². The van der Waals surface area contributed by atoms with Crippen LogP contribution in [-0.2, 0) is 14.8 Å². The average Bonchev–Trinajstić information content (AvgIpc) is 2.61. The van der Waals surface area contributed by atoms with Crippen LogP contribution in [0.4, 0.5) is 10.1 Å². The zero-order valence-electron chi connectivity index (χ0n) is 13.8. The smallest absolute Gasteiger partial charge is 0.265 e. The first-order valence-electron chi connectivity index (χ1n) is 7.79. The number of carbonyl (C=O) groups is 1. The van der Waals surface area contributed by atoms with E-state index in [1.165, 1.54) is 6.92 Å². The summed E-state index contributed by atoms with van der Waals surface area (Å²) >= 11 is 5.60. The maximum atomic E-state index is 13.2. The van der Waals surface area contributed by atoms with Crippen molar-refractivity contribution in [2.75, 3.05) is 4.31 Å². The quantitative estimate of drug-likeness (QED) is 0.608. The van der Waals surface area contributed by atoms with E-state index in [1.807, 2.05) is 24.3 Å². The number of carbonyl (C=O) groups excluding carboxylic acids is 1. The summed E-state index contributed by atoms with van der Waals surface area (Å²) in [7, 11) is -4.12. The molecule has 1 atom stereocenters. The molecule has 0 aliphatic heterocycles. The van der Waals surface area contributed by atoms with Gasteiger partial charge in [-0.1, -0.05) is 30.3 Å². The van der Waals surface area contributed by atoms with Crippen molar-refractivity contribution in [3.05, 3.63) is 72.5 Å². The van der Waals surface area contributed by atoms with E-state index >= 15 is 0 Å². The predicted molar refractivity (Wildman–Crippen MR) is 100 cm³/mol. The molecule has 4 nitrogen and oxygen atoms in total. The lowest BCUT2D eigenvalue weighted by atomic mass is 10.1. The van der Waals surface area contributed by atoms with Crippen LogP contribution in [0.3, 0.4) is 0 Å². The van der Waals surface area contributed by atoms with Crippen LogP contribution in [-0.4, -0.2) is 19.7 Å². The van der Waals surface area contributed by atoms with Crippen LogP contribution in [0, 0.1) is 5.82 Å². The average molecular weight is 392 g/mol. The van der Waals surface area contributed by atoms with E-state index in [-0.39, 0.29) is 4.90 Å². The minimum atomic E-state index is -4.12. The van der Waals surface area contributed by atoms with Crippen LogP contribution in [0.1, 0.15) is 6.92 Å². The summed E-state index contributed by atoms with van der Waals surface area (Å²) in [5, 5.41) is 0.933. The molecule has 0 heterocycles. The molecule has 0 radical (unpaired) electrons. The van der Waals surface area contributed by atoms with Crippen molar-refractivity contribution in [3.8, 4) is 0 Å². The van der Waals surface area contributed by atoms with Crippen molar-refractivity contribution in [1.29, 1.82) is 0 Å². The Balaban J connectivity index is 2.18. The highest BCUT2D eigenvalue weighted by molar-refractivity contribution is 7.93. The summed E-state index contributed by atoms with van der Waals surface area (Å²) in [4.78, 5) is 11.6. The van der Waals surface area contributed by atoms with Crippen LogP contribution in [0.5, 0.6) is 0 Å². The van der Waals surface area contributed by atoms with E-state index in [0.29, 0.717) is 5.69 Å². The molecule has 7 heteroatoms. The number of nitrogens with zero attached hydrogens (tertiary/aromatic N) is 1. The van der Waals surface area contributed by atoms with Gasteiger partial charge in [-0.3, -0.25) is 9.10 Å². The van der Waals surface area contributed by atoms with E-state index < -0.39 is 27.1 Å². The zero-order chi connectivity index (χ0) is 18.9. The maximum absolute atomic E-state index is 13.2. The Morgan fingerprint density at radius 2 is 1.62 bits per heavy atom. The number of sulfonamides is 1. The Morgan fingerprint density at radius 1 is 1.00 bits per heavy atom. The molecule has 0 bridgehead atoms. The van der Waals surface area contributed by atoms with Gasteiger partial charge in [-0.05, 0) is 65.7 Å². The summed E-state index contributed by atoms with van der Waals surface area (Å²) in [5.41, 5.74) is 0.300. The second-order valence-corrected chi connectivity index (χ2v) is 7.95. The van der Waals surface area contributed by atoms with Crippen LogP contribution in [0.25, 0.3) is 10.8 Å². The fourth-order valence-electron chi connectivity index (χ4n) is 2.70. The van der Waals surface area contributed by atoms with Crippen molar-refractivity contribution in [2.45, 2.75) is 17.9 Å². The van der Waals surface area contributed by atoms with Crippen LogP contribution in [0.15, 0.2) is 71.6 Å². The van der Waals surface area contributed by atoms with E-state index in [4.69, 9.17) is 11.6 Å². The second kappa shape index (κ2) is 7.05. The van der Waals surface area contributed by atoms with Gasteiger partial charge in [0, 0.05) is 0 Å². The van der Waals surface area contributed by atoms with Gasteiger partial charge in [0.25, 0.3) is 10.0 Å². The molecule has 0 fully saturated rings. The van der Waals surface area contributed by atoms with E-state index in [1.54, 1.807) is 18.2 Å². The normalized spacial score (nSPS) is 12.7. The van der Waals surface area contributed by atoms with Gasteiger partial charge in [-0.2, -0.15) is 0 Å². The van der Waals surface area contributed by atoms with Crippen molar-refractivity contribution < 1.29 is 17.6 Å². The molecular weight excluding hydrogens is 377 g/mol. The van der Waals surface area contributed by atoms with Gasteiger partial charge in [0.1, 0.15) is 11.9 Å². The summed E-state index contributed by atoms with van der Waals surface area (Å²) in [5.74, 6) is -0.553. The summed E-state index contributed by atoms with van der Waals surface area (Å²) < 4.78 is 40.4. The molecule has 0 aliphatic carbocycles. The van der Waals surface area contributed by atoms with E-state index in [0.717, 1.165) is 39.3 Å². The molecular formula is C19H15ClFNO3S. The van der Waals surface area contributed by atoms with Gasteiger partial charge < -0.3 is 0 Å². The fraction of sp³-hybridized carbons (Fsp3) is 0.105. The molecule has 0 spiro atoms. The fourth-order valence-corrected chi connectivity index (χ4v) is 4.46. The number of rotatable bonds is 5. The lowest BCUT2D eigenvalue weighted by Gasteiger charge is -2.28. The predicted octanol–water partition coefficient (Wildman–Crippen LogP) is 4.33. The molecule has 1 unspecified atom stereocenters. The highest BCUT2D eigenvalue weighted by Gasteiger charge is 2.32. The number of hydrogen-bond donors (Lipinski definition) is 0. The van der Waals surface area contributed by atoms with Gasteiger partial charge in [0.15, 0.2) is 0 Å². The van der Waals surface area contributed by atoms with Crippen molar-refractivity contribution in [3.63, 3.8) is 0 Å². The van der Waals surface area contributed by atoms with Crippen LogP contribution in [0.2, 0.25) is 0 Å². The number of benzene rings is 3. The third-order valence-electron chi connectivity index (χ3n) is 4.04. The molecule has 0 aromatic heterocycles. The molecule has 3 aromatic rings. The Morgan fingerprint density at radius 3 is 2.23 bits per heavy atom. The van der Waals surface area contributed by atoms with Crippen LogP contribution < -0.4 is 4.31 Å². The largest absolute Gasteiger partial charge is 0.279 e. The first kappa shape index (κ1) is 18.4. The maximum Gasteiger partial charge on any atom is 0.265 e. The van der Waals surface area contributed by atoms with Crippen LogP contribution >= 0.6 is 11.6 Å². The molecule has 134 valence electrons. The lowest BCUT2D eigenvalue weighted by molar-refractivity contribution is -0.112. The van der Waals surface area contributed by atoms with Crippen molar-refractivity contribution in [1.82, 2.24) is 0 Å². The third-order valence-corrected chi connectivity index (χ3v) is 6.27. The van der Waals surface area contributed by atoms with Gasteiger partial charge >= 0.3 is 0 Å². The minimum absolute atomic E-state index is 0.128. The first-order valence-corrected chi connectivity index (χ1v) is 9.60. The van der Waals surface area contributed by atoms with Gasteiger partial charge in [-0.25, -0.2) is 12.8 Å². The van der Waals surface area contributed by atoms with Crippen molar-refractivity contribution in [2.24, 2.45) is 0 Å². The van der Waals surface area contributed by atoms with Gasteiger partial charge in [-0.15, -0.1) is 0 Å². The lowest BCUT2D eigenvalue weighted by Crippen LogP contribution is -2.42. The number of anilines is 1. The SMILES string of the molecule is CC(C(=O)Cl)N(c1ccc2ccccc2c1)S(=O)(=O)c1ccc(F)cc1. The minimum Gasteiger partial charge on any atom is -0.279 e. The Hall–Kier alpha value is -2.44. The second-order valence-electron chi connectivity index (χ2n) is 5.77. The number of hydrogen-bond acceptors (Lipinski definition) is 3. The van der Waals surface area contributed by atoms with Gasteiger partial charge in [0.05, 0.1) is 10.6 Å². The van der Waals surface area contributed by atoms with E-state index in [2.05, 4.69) is 0 Å². The van der Waals surface area contributed by atoms with Gasteiger partial charge in [0.2, 0.25) is 5.24 Å². The number of halogens is 2.